The minimum absolute atomic E-state index is 0.0854. The SMILES string of the molecule is CN1C/C2=C/CCCCCC2=NC1=O. The van der Waals surface area contributed by atoms with Gasteiger partial charge in [0.05, 0.1) is 5.71 Å². The van der Waals surface area contributed by atoms with Crippen molar-refractivity contribution in [2.45, 2.75) is 32.1 Å². The molecule has 1 aliphatic carbocycles. The topological polar surface area (TPSA) is 32.7 Å². The van der Waals surface area contributed by atoms with Gasteiger partial charge in [-0.05, 0) is 31.3 Å². The van der Waals surface area contributed by atoms with Crippen LogP contribution in [0, 0.1) is 0 Å². The number of carbonyl (C=O) groups is 1. The average Bonchev–Trinajstić information content (AvgIpc) is 2.13. The summed E-state index contributed by atoms with van der Waals surface area (Å²) >= 11 is 0. The summed E-state index contributed by atoms with van der Waals surface area (Å²) in [5.41, 5.74) is 2.31. The molecule has 0 N–H and O–H groups in total. The van der Waals surface area contributed by atoms with E-state index >= 15 is 0 Å². The Hall–Kier alpha value is -1.12. The molecule has 2 amide bonds. The Balaban J connectivity index is 2.25. The lowest BCUT2D eigenvalue weighted by Crippen LogP contribution is -2.34. The lowest BCUT2D eigenvalue weighted by molar-refractivity contribution is 0.221. The lowest BCUT2D eigenvalue weighted by Gasteiger charge is -2.24. The number of aliphatic imine (C=N–C) groups is 1. The summed E-state index contributed by atoms with van der Waals surface area (Å²) in [6, 6.07) is -0.0854. The van der Waals surface area contributed by atoms with Crippen molar-refractivity contribution in [2.75, 3.05) is 13.6 Å². The van der Waals surface area contributed by atoms with Gasteiger partial charge in [0.1, 0.15) is 0 Å². The van der Waals surface area contributed by atoms with E-state index in [4.69, 9.17) is 0 Å². The predicted molar refractivity (Wildman–Crippen MR) is 56.6 cm³/mol. The smallest absolute Gasteiger partial charge is 0.322 e. The van der Waals surface area contributed by atoms with Crippen molar-refractivity contribution in [3.63, 3.8) is 0 Å². The van der Waals surface area contributed by atoms with Crippen LogP contribution < -0.4 is 0 Å². The Kier molecular flexibility index (Phi) is 2.66. The fraction of sp³-hybridized carbons (Fsp3) is 0.636. The molecule has 0 saturated carbocycles. The van der Waals surface area contributed by atoms with E-state index in [1.165, 1.54) is 24.8 Å². The number of allylic oxidation sites excluding steroid dienone is 1. The van der Waals surface area contributed by atoms with E-state index in [1.54, 1.807) is 4.90 Å². The van der Waals surface area contributed by atoms with E-state index < -0.39 is 0 Å². The molecular weight excluding hydrogens is 176 g/mol. The summed E-state index contributed by atoms with van der Waals surface area (Å²) in [6.07, 6.45) is 8.07. The minimum Gasteiger partial charge on any atom is -0.322 e. The van der Waals surface area contributed by atoms with Gasteiger partial charge in [0.2, 0.25) is 0 Å². The number of likely N-dealkylation sites (N-methyl/N-ethyl adjacent to an activating group) is 1. The molecule has 0 spiro atoms. The monoisotopic (exact) mass is 192 g/mol. The first kappa shape index (κ1) is 9.44. The van der Waals surface area contributed by atoms with Gasteiger partial charge in [-0.15, -0.1) is 0 Å². The lowest BCUT2D eigenvalue weighted by atomic mass is 9.97. The standard InChI is InChI=1S/C11H16N2O/c1-13-8-9-6-4-2-3-5-7-10(9)12-11(13)14/h6H,2-5,7-8H2,1H3/b9-6-. The highest BCUT2D eigenvalue weighted by Gasteiger charge is 2.21. The van der Waals surface area contributed by atoms with E-state index in [2.05, 4.69) is 11.1 Å². The molecule has 76 valence electrons. The largest absolute Gasteiger partial charge is 0.343 e. The maximum absolute atomic E-state index is 11.4. The number of hydrogen-bond donors (Lipinski definition) is 0. The predicted octanol–water partition coefficient (Wildman–Crippen LogP) is 2.38. The number of carbonyl (C=O) groups excluding carboxylic acids is 1. The van der Waals surface area contributed by atoms with Crippen LogP contribution in [0.4, 0.5) is 4.79 Å². The Labute approximate surface area is 84.5 Å². The van der Waals surface area contributed by atoms with E-state index in [0.29, 0.717) is 0 Å². The van der Waals surface area contributed by atoms with E-state index in [1.807, 2.05) is 7.05 Å². The highest BCUT2D eigenvalue weighted by molar-refractivity contribution is 6.08. The van der Waals surface area contributed by atoms with Gasteiger partial charge in [-0.1, -0.05) is 12.5 Å². The molecule has 0 aromatic rings. The van der Waals surface area contributed by atoms with Crippen molar-refractivity contribution in [3.8, 4) is 0 Å². The molecule has 0 saturated heterocycles. The van der Waals surface area contributed by atoms with Crippen molar-refractivity contribution >= 4 is 11.7 Å². The van der Waals surface area contributed by atoms with Crippen LogP contribution >= 0.6 is 0 Å². The average molecular weight is 192 g/mol. The number of amides is 2. The minimum atomic E-state index is -0.0854. The normalized spacial score (nSPS) is 26.9. The van der Waals surface area contributed by atoms with Crippen molar-refractivity contribution in [2.24, 2.45) is 4.99 Å². The van der Waals surface area contributed by atoms with Crippen molar-refractivity contribution < 1.29 is 4.79 Å². The fourth-order valence-electron chi connectivity index (χ4n) is 1.98. The Morgan fingerprint density at radius 2 is 2.21 bits per heavy atom. The summed E-state index contributed by atoms with van der Waals surface area (Å²) in [7, 11) is 1.81. The quantitative estimate of drug-likeness (QED) is 0.580. The molecule has 3 heteroatoms. The second kappa shape index (κ2) is 3.95. The molecular formula is C11H16N2O. The zero-order chi connectivity index (χ0) is 9.97. The third-order valence-corrected chi connectivity index (χ3v) is 2.84. The Morgan fingerprint density at radius 1 is 1.36 bits per heavy atom. The van der Waals surface area contributed by atoms with Crippen LogP contribution in [0.5, 0.6) is 0 Å². The van der Waals surface area contributed by atoms with E-state index in [0.717, 1.165) is 25.1 Å². The molecule has 0 aromatic heterocycles. The second-order valence-corrected chi connectivity index (χ2v) is 4.03. The molecule has 3 nitrogen and oxygen atoms in total. The molecule has 0 aromatic carbocycles. The summed E-state index contributed by atoms with van der Waals surface area (Å²) < 4.78 is 0. The first-order chi connectivity index (χ1) is 6.77. The van der Waals surface area contributed by atoms with Gasteiger partial charge in [0.15, 0.2) is 0 Å². The Bertz CT molecular complexity index is 304. The van der Waals surface area contributed by atoms with Crippen LogP contribution in [0.1, 0.15) is 32.1 Å². The number of hydrogen-bond acceptors (Lipinski definition) is 1. The number of urea groups is 1. The summed E-state index contributed by atoms with van der Waals surface area (Å²) in [4.78, 5) is 17.2. The van der Waals surface area contributed by atoms with Gasteiger partial charge >= 0.3 is 6.03 Å². The van der Waals surface area contributed by atoms with Crippen molar-refractivity contribution in [3.05, 3.63) is 11.6 Å². The number of fused-ring (bicyclic) bond motifs is 1. The van der Waals surface area contributed by atoms with Crippen LogP contribution in [0.3, 0.4) is 0 Å². The first-order valence-corrected chi connectivity index (χ1v) is 5.29. The molecule has 0 bridgehead atoms. The van der Waals surface area contributed by atoms with Crippen molar-refractivity contribution in [1.29, 1.82) is 0 Å². The van der Waals surface area contributed by atoms with Crippen LogP contribution in [0.15, 0.2) is 16.6 Å². The Morgan fingerprint density at radius 3 is 3.07 bits per heavy atom. The fourth-order valence-corrected chi connectivity index (χ4v) is 1.98. The highest BCUT2D eigenvalue weighted by Crippen LogP contribution is 2.19. The van der Waals surface area contributed by atoms with Crippen LogP contribution in [0.25, 0.3) is 0 Å². The summed E-state index contributed by atoms with van der Waals surface area (Å²) in [6.45, 7) is 0.748. The zero-order valence-electron chi connectivity index (χ0n) is 8.62. The third-order valence-electron chi connectivity index (χ3n) is 2.84. The highest BCUT2D eigenvalue weighted by atomic mass is 16.2. The van der Waals surface area contributed by atoms with E-state index in [9.17, 15) is 4.79 Å². The second-order valence-electron chi connectivity index (χ2n) is 4.03. The molecule has 1 heterocycles. The summed E-state index contributed by atoms with van der Waals surface area (Å²) in [5, 5.41) is 0. The van der Waals surface area contributed by atoms with E-state index in [-0.39, 0.29) is 6.03 Å². The molecule has 0 fully saturated rings. The van der Waals surface area contributed by atoms with Crippen LogP contribution in [0.2, 0.25) is 0 Å². The maximum Gasteiger partial charge on any atom is 0.343 e. The van der Waals surface area contributed by atoms with Gasteiger partial charge in [-0.25, -0.2) is 4.79 Å². The van der Waals surface area contributed by atoms with Crippen LogP contribution in [-0.2, 0) is 0 Å². The molecule has 14 heavy (non-hydrogen) atoms. The first-order valence-electron chi connectivity index (χ1n) is 5.29. The maximum atomic E-state index is 11.4. The summed E-state index contributed by atoms with van der Waals surface area (Å²) in [5.74, 6) is 0. The molecule has 2 aliphatic rings. The number of rotatable bonds is 0. The molecule has 0 radical (unpaired) electrons. The molecule has 0 unspecified atom stereocenters. The van der Waals surface area contributed by atoms with Gasteiger partial charge in [0.25, 0.3) is 0 Å². The van der Waals surface area contributed by atoms with Gasteiger partial charge < -0.3 is 4.90 Å². The van der Waals surface area contributed by atoms with Crippen molar-refractivity contribution in [1.82, 2.24) is 4.90 Å². The van der Waals surface area contributed by atoms with Gasteiger partial charge in [-0.2, -0.15) is 4.99 Å². The van der Waals surface area contributed by atoms with Gasteiger partial charge in [-0.3, -0.25) is 0 Å². The molecule has 0 atom stereocenters. The molecule has 2 rings (SSSR count). The number of nitrogens with zero attached hydrogens (tertiary/aromatic N) is 2. The molecule has 1 aliphatic heterocycles. The van der Waals surface area contributed by atoms with Gasteiger partial charge in [0, 0.05) is 13.6 Å². The third kappa shape index (κ3) is 1.86. The zero-order valence-corrected chi connectivity index (χ0v) is 8.62. The van der Waals surface area contributed by atoms with Crippen LogP contribution in [-0.4, -0.2) is 30.2 Å².